The Morgan fingerprint density at radius 3 is 2.55 bits per heavy atom. The summed E-state index contributed by atoms with van der Waals surface area (Å²) in [6, 6.07) is 18.4. The normalized spacial score (nSPS) is 15.8. The van der Waals surface area contributed by atoms with E-state index in [0.717, 1.165) is 17.5 Å². The van der Waals surface area contributed by atoms with Crippen molar-refractivity contribution in [2.75, 3.05) is 6.61 Å². The summed E-state index contributed by atoms with van der Waals surface area (Å²) < 4.78 is 5.70. The maximum Gasteiger partial charge on any atom is 0.218 e. The summed E-state index contributed by atoms with van der Waals surface area (Å²) >= 11 is 0. The van der Waals surface area contributed by atoms with Gasteiger partial charge in [0, 0.05) is 0 Å². The monoisotopic (exact) mass is 290 g/mol. The summed E-state index contributed by atoms with van der Waals surface area (Å²) in [4.78, 5) is 4.59. The molecule has 1 aliphatic rings. The average molecular weight is 290 g/mol. The first-order chi connectivity index (χ1) is 10.6. The van der Waals surface area contributed by atoms with Gasteiger partial charge in [-0.25, -0.2) is 4.99 Å². The molecule has 0 saturated heterocycles. The molecule has 0 saturated carbocycles. The quantitative estimate of drug-likeness (QED) is 0.865. The fourth-order valence-electron chi connectivity index (χ4n) is 2.60. The molecule has 1 aliphatic heterocycles. The summed E-state index contributed by atoms with van der Waals surface area (Å²) in [6.07, 6.45) is 0.730. The maximum atomic E-state index is 9.61. The molecule has 2 aromatic carbocycles. The lowest BCUT2D eigenvalue weighted by molar-refractivity contribution is 0.279. The van der Waals surface area contributed by atoms with Crippen molar-refractivity contribution in [3.05, 3.63) is 70.8 Å². The Labute approximate surface area is 130 Å². The molecule has 0 spiro atoms. The fraction of sp³-hybridized carbons (Fsp3) is 0.263. The number of aliphatic imine (C=N–C) groups is 1. The first-order valence-electron chi connectivity index (χ1n) is 7.38. The minimum atomic E-state index is -0.225. The number of hydrogen-bond donors (Lipinski definition) is 0. The van der Waals surface area contributed by atoms with Gasteiger partial charge < -0.3 is 4.74 Å². The zero-order valence-corrected chi connectivity index (χ0v) is 12.8. The molecule has 0 N–H and O–H groups in total. The van der Waals surface area contributed by atoms with Crippen LogP contribution in [0.15, 0.2) is 53.5 Å². The third-order valence-corrected chi connectivity index (χ3v) is 3.70. The number of nitrogens with zero attached hydrogens (tertiary/aromatic N) is 2. The van der Waals surface area contributed by atoms with Crippen LogP contribution in [0.2, 0.25) is 0 Å². The van der Waals surface area contributed by atoms with Gasteiger partial charge in [0.2, 0.25) is 5.90 Å². The van der Waals surface area contributed by atoms with Gasteiger partial charge in [-0.3, -0.25) is 0 Å². The molecule has 3 heteroatoms. The third kappa shape index (κ3) is 2.87. The van der Waals surface area contributed by atoms with Crippen LogP contribution in [0.1, 0.15) is 36.1 Å². The molecule has 0 bridgehead atoms. The molecule has 3 rings (SSSR count). The largest absolute Gasteiger partial charge is 0.475 e. The highest BCUT2D eigenvalue weighted by Crippen LogP contribution is 2.25. The number of nitriles is 1. The Hall–Kier alpha value is -2.60. The van der Waals surface area contributed by atoms with Gasteiger partial charge in [0.25, 0.3) is 0 Å². The van der Waals surface area contributed by atoms with Gasteiger partial charge in [0.05, 0.1) is 16.7 Å². The summed E-state index contributed by atoms with van der Waals surface area (Å²) in [6.45, 7) is 4.61. The number of hydrogen-bond acceptors (Lipinski definition) is 3. The Morgan fingerprint density at radius 1 is 1.14 bits per heavy atom. The molecular weight excluding hydrogens is 272 g/mol. The van der Waals surface area contributed by atoms with E-state index in [4.69, 9.17) is 4.74 Å². The highest BCUT2D eigenvalue weighted by Gasteiger charge is 2.28. The SMILES string of the molecule is CC1(C)COC(c2cccc(Cc3ccccc3)c2C#N)=N1. The molecule has 22 heavy (non-hydrogen) atoms. The lowest BCUT2D eigenvalue weighted by Gasteiger charge is -2.09. The van der Waals surface area contributed by atoms with E-state index in [-0.39, 0.29) is 5.54 Å². The van der Waals surface area contributed by atoms with E-state index in [2.05, 4.69) is 23.2 Å². The molecule has 0 radical (unpaired) electrons. The van der Waals surface area contributed by atoms with Gasteiger partial charge in [-0.15, -0.1) is 0 Å². The second-order valence-corrected chi connectivity index (χ2v) is 6.13. The topological polar surface area (TPSA) is 45.4 Å². The minimum Gasteiger partial charge on any atom is -0.475 e. The highest BCUT2D eigenvalue weighted by molar-refractivity contribution is 5.98. The standard InChI is InChI=1S/C19H18N2O/c1-19(2)13-22-18(21-19)16-10-6-9-15(17(16)12-20)11-14-7-4-3-5-8-14/h3-10H,11,13H2,1-2H3. The van der Waals surface area contributed by atoms with Crippen LogP contribution in [0.25, 0.3) is 0 Å². The van der Waals surface area contributed by atoms with Crippen LogP contribution in [-0.4, -0.2) is 18.0 Å². The summed E-state index contributed by atoms with van der Waals surface area (Å²) in [5.74, 6) is 0.580. The second-order valence-electron chi connectivity index (χ2n) is 6.13. The number of rotatable bonds is 3. The van der Waals surface area contributed by atoms with Gasteiger partial charge in [0.1, 0.15) is 12.7 Å². The minimum absolute atomic E-state index is 0.225. The zero-order valence-electron chi connectivity index (χ0n) is 12.8. The van der Waals surface area contributed by atoms with Gasteiger partial charge in [-0.05, 0) is 37.5 Å². The van der Waals surface area contributed by atoms with Crippen LogP contribution in [-0.2, 0) is 11.2 Å². The predicted octanol–water partition coefficient (Wildman–Crippen LogP) is 3.70. The highest BCUT2D eigenvalue weighted by atomic mass is 16.5. The summed E-state index contributed by atoms with van der Waals surface area (Å²) in [5.41, 5.74) is 3.41. The van der Waals surface area contributed by atoms with Gasteiger partial charge in [0.15, 0.2) is 0 Å². The third-order valence-electron chi connectivity index (χ3n) is 3.70. The molecule has 0 fully saturated rings. The molecular formula is C19H18N2O. The van der Waals surface area contributed by atoms with Crippen LogP contribution in [0.3, 0.4) is 0 Å². The fourth-order valence-corrected chi connectivity index (χ4v) is 2.60. The number of benzene rings is 2. The van der Waals surface area contributed by atoms with Crippen LogP contribution in [0.5, 0.6) is 0 Å². The Bertz CT molecular complexity index is 755. The van der Waals surface area contributed by atoms with E-state index in [1.165, 1.54) is 5.56 Å². The molecule has 0 aliphatic carbocycles. The summed E-state index contributed by atoms with van der Waals surface area (Å²) in [5, 5.41) is 9.61. The second kappa shape index (κ2) is 5.65. The lowest BCUT2D eigenvalue weighted by Crippen LogP contribution is -2.17. The van der Waals surface area contributed by atoms with Crippen molar-refractivity contribution in [2.45, 2.75) is 25.8 Å². The van der Waals surface area contributed by atoms with E-state index in [1.54, 1.807) is 0 Å². The van der Waals surface area contributed by atoms with Gasteiger partial charge in [-0.2, -0.15) is 5.26 Å². The van der Waals surface area contributed by atoms with E-state index in [1.807, 2.05) is 50.2 Å². The van der Waals surface area contributed by atoms with Crippen molar-refractivity contribution in [3.8, 4) is 6.07 Å². The van der Waals surface area contributed by atoms with E-state index in [9.17, 15) is 5.26 Å². The lowest BCUT2D eigenvalue weighted by atomic mass is 9.96. The van der Waals surface area contributed by atoms with Crippen LogP contribution >= 0.6 is 0 Å². The van der Waals surface area contributed by atoms with Crippen molar-refractivity contribution < 1.29 is 4.74 Å². The maximum absolute atomic E-state index is 9.61. The van der Waals surface area contributed by atoms with E-state index >= 15 is 0 Å². The Kier molecular flexibility index (Phi) is 3.68. The Balaban J connectivity index is 2.00. The van der Waals surface area contributed by atoms with Crippen molar-refractivity contribution in [1.29, 1.82) is 5.26 Å². The van der Waals surface area contributed by atoms with Crippen LogP contribution in [0, 0.1) is 11.3 Å². The van der Waals surface area contributed by atoms with Crippen molar-refractivity contribution in [3.63, 3.8) is 0 Å². The molecule has 0 atom stereocenters. The van der Waals surface area contributed by atoms with Gasteiger partial charge in [-0.1, -0.05) is 42.5 Å². The average Bonchev–Trinajstić information content (AvgIpc) is 2.88. The molecule has 1 heterocycles. The van der Waals surface area contributed by atoms with Gasteiger partial charge >= 0.3 is 0 Å². The predicted molar refractivity (Wildman–Crippen MR) is 87.0 cm³/mol. The van der Waals surface area contributed by atoms with Crippen molar-refractivity contribution in [1.82, 2.24) is 0 Å². The molecule has 2 aromatic rings. The van der Waals surface area contributed by atoms with Crippen molar-refractivity contribution >= 4 is 5.90 Å². The number of ether oxygens (including phenoxy) is 1. The summed E-state index contributed by atoms with van der Waals surface area (Å²) in [7, 11) is 0. The molecule has 0 amide bonds. The molecule has 110 valence electrons. The first kappa shape index (κ1) is 14.3. The Morgan fingerprint density at radius 2 is 1.91 bits per heavy atom. The molecule has 0 unspecified atom stereocenters. The van der Waals surface area contributed by atoms with E-state index < -0.39 is 0 Å². The van der Waals surface area contributed by atoms with Crippen LogP contribution < -0.4 is 0 Å². The van der Waals surface area contributed by atoms with Crippen LogP contribution in [0.4, 0.5) is 0 Å². The van der Waals surface area contributed by atoms with Crippen molar-refractivity contribution in [2.24, 2.45) is 4.99 Å². The first-order valence-corrected chi connectivity index (χ1v) is 7.38. The molecule has 0 aromatic heterocycles. The smallest absolute Gasteiger partial charge is 0.218 e. The zero-order chi connectivity index (χ0) is 15.6. The molecule has 3 nitrogen and oxygen atoms in total. The van der Waals surface area contributed by atoms with E-state index in [0.29, 0.717) is 18.1 Å².